The summed E-state index contributed by atoms with van der Waals surface area (Å²) in [5.41, 5.74) is 2.07. The molecule has 0 N–H and O–H groups in total. The van der Waals surface area contributed by atoms with Crippen molar-refractivity contribution in [2.75, 3.05) is 7.11 Å². The lowest BCUT2D eigenvalue weighted by Crippen LogP contribution is -2.03. The Hall–Kier alpha value is -2.70. The van der Waals surface area contributed by atoms with E-state index in [2.05, 4.69) is 20.8 Å². The number of aromatic nitrogens is 3. The van der Waals surface area contributed by atoms with Crippen molar-refractivity contribution >= 4 is 23.4 Å². The van der Waals surface area contributed by atoms with Gasteiger partial charge in [0.2, 0.25) is 0 Å². The molecule has 142 valence electrons. The number of hydrogen-bond donors (Lipinski definition) is 0. The molecular weight excluding hydrogens is 394 g/mol. The van der Waals surface area contributed by atoms with E-state index >= 15 is 0 Å². The molecule has 28 heavy (non-hydrogen) atoms. The molecule has 0 aliphatic heterocycles. The Morgan fingerprint density at radius 3 is 2.75 bits per heavy atom. The van der Waals surface area contributed by atoms with Gasteiger partial charge in [-0.1, -0.05) is 47.6 Å². The van der Waals surface area contributed by atoms with Crippen molar-refractivity contribution in [1.29, 1.82) is 0 Å². The summed E-state index contributed by atoms with van der Waals surface area (Å²) in [5.74, 6) is 3.13. The maximum atomic E-state index is 6.10. The van der Waals surface area contributed by atoms with Crippen LogP contribution in [0.25, 0.3) is 11.4 Å². The average Bonchev–Trinajstić information content (AvgIpc) is 3.37. The van der Waals surface area contributed by atoms with Gasteiger partial charge in [-0.3, -0.25) is 4.57 Å². The Morgan fingerprint density at radius 1 is 1.07 bits per heavy atom. The first-order valence-corrected chi connectivity index (χ1v) is 10.1. The van der Waals surface area contributed by atoms with Gasteiger partial charge in [-0.15, -0.1) is 10.2 Å². The summed E-state index contributed by atoms with van der Waals surface area (Å²) in [7, 11) is 1.65. The molecule has 2 aromatic carbocycles. The number of benzene rings is 2. The second-order valence-electron chi connectivity index (χ2n) is 6.12. The molecule has 0 unspecified atom stereocenters. The fourth-order valence-electron chi connectivity index (χ4n) is 2.85. The van der Waals surface area contributed by atoms with E-state index in [0.29, 0.717) is 6.54 Å². The van der Waals surface area contributed by atoms with Crippen molar-refractivity contribution in [1.82, 2.24) is 14.8 Å². The molecule has 0 atom stereocenters. The van der Waals surface area contributed by atoms with Crippen LogP contribution < -0.4 is 4.74 Å². The molecule has 0 saturated heterocycles. The van der Waals surface area contributed by atoms with Gasteiger partial charge in [0.1, 0.15) is 11.5 Å². The summed E-state index contributed by atoms with van der Waals surface area (Å²) in [5, 5.41) is 10.4. The summed E-state index contributed by atoms with van der Waals surface area (Å²) in [4.78, 5) is 0. The number of nitrogens with zero attached hydrogens (tertiary/aromatic N) is 3. The number of methoxy groups -OCH3 is 1. The van der Waals surface area contributed by atoms with Gasteiger partial charge < -0.3 is 9.15 Å². The second-order valence-corrected chi connectivity index (χ2v) is 7.50. The summed E-state index contributed by atoms with van der Waals surface area (Å²) in [6.07, 6.45) is 1.67. The van der Waals surface area contributed by atoms with E-state index in [0.717, 1.165) is 44.4 Å². The number of furan rings is 1. The molecule has 0 fully saturated rings. The normalized spacial score (nSPS) is 10.9. The van der Waals surface area contributed by atoms with Crippen molar-refractivity contribution < 1.29 is 9.15 Å². The highest BCUT2D eigenvalue weighted by molar-refractivity contribution is 7.98. The van der Waals surface area contributed by atoms with Gasteiger partial charge in [0.15, 0.2) is 11.0 Å². The molecule has 0 aliphatic carbocycles. The third kappa shape index (κ3) is 4.24. The van der Waals surface area contributed by atoms with E-state index in [9.17, 15) is 0 Å². The SMILES string of the molecule is COc1cccc(-c2nnc(SCc3cccc(Cl)c3)n2Cc2ccco2)c1. The minimum Gasteiger partial charge on any atom is -0.497 e. The van der Waals surface area contributed by atoms with Crippen molar-refractivity contribution in [2.24, 2.45) is 0 Å². The van der Waals surface area contributed by atoms with Crippen LogP contribution in [0.15, 0.2) is 76.5 Å². The van der Waals surface area contributed by atoms with Crippen LogP contribution in [-0.2, 0) is 12.3 Å². The first kappa shape index (κ1) is 18.7. The van der Waals surface area contributed by atoms with Crippen LogP contribution in [0.3, 0.4) is 0 Å². The summed E-state index contributed by atoms with van der Waals surface area (Å²) < 4.78 is 13.0. The van der Waals surface area contributed by atoms with Crippen molar-refractivity contribution in [3.63, 3.8) is 0 Å². The largest absolute Gasteiger partial charge is 0.497 e. The maximum absolute atomic E-state index is 6.10. The molecule has 4 rings (SSSR count). The van der Waals surface area contributed by atoms with Gasteiger partial charge in [0.25, 0.3) is 0 Å². The van der Waals surface area contributed by atoms with Crippen LogP contribution in [0.5, 0.6) is 5.75 Å². The lowest BCUT2D eigenvalue weighted by atomic mass is 10.2. The van der Waals surface area contributed by atoms with E-state index in [1.807, 2.05) is 54.6 Å². The molecule has 4 aromatic rings. The highest BCUT2D eigenvalue weighted by Crippen LogP contribution is 2.29. The van der Waals surface area contributed by atoms with E-state index in [-0.39, 0.29) is 0 Å². The summed E-state index contributed by atoms with van der Waals surface area (Å²) >= 11 is 7.71. The van der Waals surface area contributed by atoms with Crippen molar-refractivity contribution in [2.45, 2.75) is 17.5 Å². The lowest BCUT2D eigenvalue weighted by molar-refractivity contribution is 0.415. The number of halogens is 1. The smallest absolute Gasteiger partial charge is 0.192 e. The number of ether oxygens (including phenoxy) is 1. The second kappa shape index (κ2) is 8.54. The van der Waals surface area contributed by atoms with Gasteiger partial charge >= 0.3 is 0 Å². The van der Waals surface area contributed by atoms with Crippen LogP contribution in [0.2, 0.25) is 5.02 Å². The van der Waals surface area contributed by atoms with Gasteiger partial charge in [-0.05, 0) is 42.0 Å². The Balaban J connectivity index is 1.66. The fraction of sp³-hybridized carbons (Fsp3) is 0.143. The van der Waals surface area contributed by atoms with Crippen LogP contribution in [-0.4, -0.2) is 21.9 Å². The summed E-state index contributed by atoms with van der Waals surface area (Å²) in [6.45, 7) is 0.546. The van der Waals surface area contributed by atoms with E-state index in [4.69, 9.17) is 20.8 Å². The zero-order chi connectivity index (χ0) is 19.3. The Morgan fingerprint density at radius 2 is 1.96 bits per heavy atom. The van der Waals surface area contributed by atoms with Gasteiger partial charge in [-0.25, -0.2) is 0 Å². The Bertz CT molecular complexity index is 1060. The monoisotopic (exact) mass is 411 g/mol. The predicted molar refractivity (Wildman–Crippen MR) is 111 cm³/mol. The first-order valence-electron chi connectivity index (χ1n) is 8.70. The standard InChI is InChI=1S/C21H18ClN3O2S/c1-26-18-8-3-6-16(12-18)20-23-24-21(25(20)13-19-9-4-10-27-19)28-14-15-5-2-7-17(22)11-15/h2-12H,13-14H2,1H3. The molecule has 0 bridgehead atoms. The topological polar surface area (TPSA) is 53.1 Å². The van der Waals surface area contributed by atoms with Crippen LogP contribution >= 0.6 is 23.4 Å². The lowest BCUT2D eigenvalue weighted by Gasteiger charge is -2.10. The number of hydrogen-bond acceptors (Lipinski definition) is 5. The van der Waals surface area contributed by atoms with E-state index in [1.54, 1.807) is 25.1 Å². The number of thioether (sulfide) groups is 1. The molecule has 0 aliphatic rings. The quantitative estimate of drug-likeness (QED) is 0.373. The maximum Gasteiger partial charge on any atom is 0.192 e. The summed E-state index contributed by atoms with van der Waals surface area (Å²) in [6, 6.07) is 19.5. The predicted octanol–water partition coefficient (Wildman–Crippen LogP) is 5.54. The van der Waals surface area contributed by atoms with Crippen LogP contribution in [0, 0.1) is 0 Å². The van der Waals surface area contributed by atoms with Crippen LogP contribution in [0.4, 0.5) is 0 Å². The van der Waals surface area contributed by atoms with Crippen LogP contribution in [0.1, 0.15) is 11.3 Å². The molecule has 0 saturated carbocycles. The molecular formula is C21H18ClN3O2S. The van der Waals surface area contributed by atoms with Gasteiger partial charge in [-0.2, -0.15) is 0 Å². The highest BCUT2D eigenvalue weighted by atomic mass is 35.5. The molecule has 2 aromatic heterocycles. The van der Waals surface area contributed by atoms with E-state index < -0.39 is 0 Å². The number of rotatable bonds is 7. The van der Waals surface area contributed by atoms with Gasteiger partial charge in [0.05, 0.1) is 19.9 Å². The molecule has 2 heterocycles. The first-order chi connectivity index (χ1) is 13.7. The highest BCUT2D eigenvalue weighted by Gasteiger charge is 2.16. The Labute approximate surface area is 172 Å². The third-order valence-corrected chi connectivity index (χ3v) is 5.47. The van der Waals surface area contributed by atoms with Crippen molar-refractivity contribution in [3.8, 4) is 17.1 Å². The van der Waals surface area contributed by atoms with Gasteiger partial charge in [0, 0.05) is 16.3 Å². The van der Waals surface area contributed by atoms with E-state index in [1.165, 1.54) is 0 Å². The zero-order valence-corrected chi connectivity index (χ0v) is 16.8. The molecule has 7 heteroatoms. The Kier molecular flexibility index (Phi) is 5.69. The minimum absolute atomic E-state index is 0.546. The molecule has 0 spiro atoms. The zero-order valence-electron chi connectivity index (χ0n) is 15.2. The molecule has 0 radical (unpaired) electrons. The third-order valence-electron chi connectivity index (χ3n) is 4.20. The minimum atomic E-state index is 0.546. The fourth-order valence-corrected chi connectivity index (χ4v) is 3.94. The molecule has 0 amide bonds. The average molecular weight is 412 g/mol. The molecule has 5 nitrogen and oxygen atoms in total. The van der Waals surface area contributed by atoms with Crippen molar-refractivity contribution in [3.05, 3.63) is 83.3 Å².